The predicted octanol–water partition coefficient (Wildman–Crippen LogP) is 3.50. The number of fused-ring (bicyclic) bond motifs is 1. The number of nitrogens with zero attached hydrogens (tertiary/aromatic N) is 6. The number of halogens is 2. The molecule has 4 heterocycles. The fraction of sp³-hybridized carbons (Fsp3) is 0.600. The Balaban J connectivity index is 0.00000304. The van der Waals surface area contributed by atoms with Crippen LogP contribution in [0.5, 0.6) is 0 Å². The van der Waals surface area contributed by atoms with Gasteiger partial charge in [-0.25, -0.2) is 4.39 Å². The highest BCUT2D eigenvalue weighted by molar-refractivity contribution is 5.85. The van der Waals surface area contributed by atoms with Crippen LogP contribution in [0.15, 0.2) is 22.7 Å². The van der Waals surface area contributed by atoms with Gasteiger partial charge in [0, 0.05) is 30.9 Å². The first-order chi connectivity index (χ1) is 16.9. The van der Waals surface area contributed by atoms with E-state index in [0.29, 0.717) is 17.3 Å². The van der Waals surface area contributed by atoms with Gasteiger partial charge in [-0.2, -0.15) is 14.8 Å². The number of aliphatic hydroxyl groups excluding tert-OH is 1. The number of para-hydroxylation sites is 1. The first-order valence-corrected chi connectivity index (χ1v) is 12.6. The molecule has 2 aliphatic heterocycles. The predicted molar refractivity (Wildman–Crippen MR) is 135 cm³/mol. The molecule has 2 fully saturated rings. The minimum Gasteiger partial charge on any atom is -0.387 e. The second-order valence-corrected chi connectivity index (χ2v) is 10.1. The molecule has 0 atom stereocenters. The van der Waals surface area contributed by atoms with Crippen molar-refractivity contribution >= 4 is 29.2 Å². The van der Waals surface area contributed by atoms with Crippen LogP contribution >= 0.6 is 12.4 Å². The van der Waals surface area contributed by atoms with E-state index < -0.39 is 6.61 Å². The lowest BCUT2D eigenvalue weighted by Gasteiger charge is -2.37. The highest BCUT2D eigenvalue weighted by atomic mass is 35.5. The van der Waals surface area contributed by atoms with Gasteiger partial charge in [0.25, 0.3) is 5.95 Å². The van der Waals surface area contributed by atoms with Crippen molar-refractivity contribution in [3.05, 3.63) is 35.6 Å². The molecule has 0 aliphatic carbocycles. The zero-order chi connectivity index (χ0) is 24.5. The van der Waals surface area contributed by atoms with Crippen LogP contribution in [-0.4, -0.2) is 80.1 Å². The Kier molecular flexibility index (Phi) is 8.27. The van der Waals surface area contributed by atoms with Crippen molar-refractivity contribution < 1.29 is 18.8 Å². The molecule has 0 radical (unpaired) electrons. The van der Waals surface area contributed by atoms with Gasteiger partial charge < -0.3 is 19.4 Å². The summed E-state index contributed by atoms with van der Waals surface area (Å²) in [6, 6.07) is 5.00. The maximum absolute atomic E-state index is 14.7. The third-order valence-corrected chi connectivity index (χ3v) is 7.41. The average molecular weight is 521 g/mol. The van der Waals surface area contributed by atoms with E-state index in [-0.39, 0.29) is 41.9 Å². The number of carbonyl (C=O) groups is 1. The summed E-state index contributed by atoms with van der Waals surface area (Å²) in [7, 11) is 0. The van der Waals surface area contributed by atoms with E-state index in [9.17, 15) is 9.18 Å². The standard InChI is InChI=1S/C25H33FN6O3.ClH/c1-16(2)22-19-4-3-5-20(26)23(19)32(28-22)25-27-24(35-29-25)18-8-10-30(11-9-18)14-17-6-12-31(13-7-17)21(34)15-33;/h3-5,16-18,33H,6-15H2,1-2H3;1H. The van der Waals surface area contributed by atoms with Crippen molar-refractivity contribution in [2.24, 2.45) is 5.92 Å². The lowest BCUT2D eigenvalue weighted by molar-refractivity contribution is -0.135. The number of hydrogen-bond acceptors (Lipinski definition) is 7. The summed E-state index contributed by atoms with van der Waals surface area (Å²) in [5.41, 5.74) is 1.19. The van der Waals surface area contributed by atoms with Gasteiger partial charge in [-0.15, -0.1) is 12.4 Å². The molecule has 1 N–H and O–H groups in total. The van der Waals surface area contributed by atoms with Crippen LogP contribution < -0.4 is 0 Å². The van der Waals surface area contributed by atoms with Gasteiger partial charge in [0.15, 0.2) is 0 Å². The molecule has 36 heavy (non-hydrogen) atoms. The molecule has 0 spiro atoms. The fourth-order valence-electron chi connectivity index (χ4n) is 5.39. The Morgan fingerprint density at radius 3 is 2.56 bits per heavy atom. The summed E-state index contributed by atoms with van der Waals surface area (Å²) in [6.45, 7) is 8.05. The number of likely N-dealkylation sites (tertiary alicyclic amines) is 2. The van der Waals surface area contributed by atoms with Crippen molar-refractivity contribution in [3.8, 4) is 5.95 Å². The van der Waals surface area contributed by atoms with Crippen molar-refractivity contribution in [1.29, 1.82) is 0 Å². The van der Waals surface area contributed by atoms with E-state index in [1.165, 1.54) is 10.7 Å². The van der Waals surface area contributed by atoms with Crippen LogP contribution in [0, 0.1) is 11.7 Å². The quantitative estimate of drug-likeness (QED) is 0.531. The zero-order valence-electron chi connectivity index (χ0n) is 20.8. The number of carbonyl (C=O) groups excluding carboxylic acids is 1. The number of aromatic nitrogens is 4. The van der Waals surface area contributed by atoms with E-state index >= 15 is 0 Å². The summed E-state index contributed by atoms with van der Waals surface area (Å²) < 4.78 is 21.8. The Labute approximate surface area is 216 Å². The first-order valence-electron chi connectivity index (χ1n) is 12.6. The zero-order valence-corrected chi connectivity index (χ0v) is 21.6. The molecule has 2 aromatic heterocycles. The van der Waals surface area contributed by atoms with Gasteiger partial charge in [0.05, 0.1) is 5.69 Å². The van der Waals surface area contributed by atoms with Gasteiger partial charge in [-0.1, -0.05) is 26.0 Å². The van der Waals surface area contributed by atoms with Crippen molar-refractivity contribution in [2.45, 2.75) is 51.4 Å². The van der Waals surface area contributed by atoms with E-state index in [4.69, 9.17) is 9.63 Å². The van der Waals surface area contributed by atoms with Crippen LogP contribution in [0.25, 0.3) is 16.9 Å². The molecule has 9 nitrogen and oxygen atoms in total. The topological polar surface area (TPSA) is 101 Å². The average Bonchev–Trinajstić information content (AvgIpc) is 3.50. The fourth-order valence-corrected chi connectivity index (χ4v) is 5.39. The molecule has 1 amide bonds. The first kappa shape index (κ1) is 26.5. The number of rotatable bonds is 6. The van der Waals surface area contributed by atoms with E-state index in [0.717, 1.165) is 69.5 Å². The third kappa shape index (κ3) is 5.26. The minimum atomic E-state index is -0.403. The molecule has 3 aromatic rings. The Hall–Kier alpha value is -2.56. The summed E-state index contributed by atoms with van der Waals surface area (Å²) in [4.78, 5) is 20.5. The molecule has 1 aromatic carbocycles. The minimum absolute atomic E-state index is 0. The molecule has 196 valence electrons. The van der Waals surface area contributed by atoms with Gasteiger partial charge in [0.2, 0.25) is 11.8 Å². The molecule has 0 bridgehead atoms. The van der Waals surface area contributed by atoms with Crippen molar-refractivity contribution in [2.75, 3.05) is 39.3 Å². The summed E-state index contributed by atoms with van der Waals surface area (Å²) in [5, 5.41) is 18.6. The van der Waals surface area contributed by atoms with E-state index in [2.05, 4.69) is 20.1 Å². The van der Waals surface area contributed by atoms with Crippen molar-refractivity contribution in [1.82, 2.24) is 29.7 Å². The van der Waals surface area contributed by atoms with Crippen LogP contribution in [0.3, 0.4) is 0 Å². The molecular weight excluding hydrogens is 487 g/mol. The molecule has 0 unspecified atom stereocenters. The highest BCUT2D eigenvalue weighted by Crippen LogP contribution is 2.31. The van der Waals surface area contributed by atoms with Gasteiger partial charge in [-0.05, 0) is 61.8 Å². The van der Waals surface area contributed by atoms with Crippen LogP contribution in [-0.2, 0) is 4.79 Å². The van der Waals surface area contributed by atoms with Crippen LogP contribution in [0.1, 0.15) is 63.0 Å². The summed E-state index contributed by atoms with van der Waals surface area (Å²) in [5.74, 6) is 1.21. The molecule has 11 heteroatoms. The maximum Gasteiger partial charge on any atom is 0.291 e. The number of benzene rings is 1. The van der Waals surface area contributed by atoms with E-state index in [1.807, 2.05) is 19.9 Å². The molecule has 2 saturated heterocycles. The second kappa shape index (κ2) is 11.2. The second-order valence-electron chi connectivity index (χ2n) is 10.1. The van der Waals surface area contributed by atoms with Crippen LogP contribution in [0.2, 0.25) is 0 Å². The highest BCUT2D eigenvalue weighted by Gasteiger charge is 2.29. The number of aliphatic hydroxyl groups is 1. The maximum atomic E-state index is 14.7. The molecule has 2 aliphatic rings. The molecule has 0 saturated carbocycles. The Morgan fingerprint density at radius 2 is 1.89 bits per heavy atom. The summed E-state index contributed by atoms with van der Waals surface area (Å²) in [6.07, 6.45) is 3.81. The monoisotopic (exact) mass is 520 g/mol. The lowest BCUT2D eigenvalue weighted by Crippen LogP contribution is -2.43. The number of hydrogen-bond donors (Lipinski definition) is 1. The Morgan fingerprint density at radius 1 is 1.17 bits per heavy atom. The summed E-state index contributed by atoms with van der Waals surface area (Å²) >= 11 is 0. The normalized spacial score (nSPS) is 18.2. The SMILES string of the molecule is CC(C)c1nn(-c2noc(C3CCN(CC4CCN(C(=O)CO)CC4)CC3)n2)c2c(F)cccc12.Cl. The number of amides is 1. The van der Waals surface area contributed by atoms with Gasteiger partial charge in [0.1, 0.15) is 17.9 Å². The molecule has 5 rings (SSSR count). The number of piperidine rings is 2. The van der Waals surface area contributed by atoms with E-state index in [1.54, 1.807) is 11.0 Å². The lowest BCUT2D eigenvalue weighted by atomic mass is 9.92. The van der Waals surface area contributed by atoms with Crippen LogP contribution in [0.4, 0.5) is 4.39 Å². The molecular formula is C25H34ClFN6O3. The smallest absolute Gasteiger partial charge is 0.291 e. The van der Waals surface area contributed by atoms with Gasteiger partial charge in [-0.3, -0.25) is 4.79 Å². The van der Waals surface area contributed by atoms with Crippen molar-refractivity contribution in [3.63, 3.8) is 0 Å². The van der Waals surface area contributed by atoms with Gasteiger partial charge >= 0.3 is 0 Å². The Bertz CT molecular complexity index is 1180. The third-order valence-electron chi connectivity index (χ3n) is 7.41. The largest absolute Gasteiger partial charge is 0.387 e.